The van der Waals surface area contributed by atoms with E-state index >= 15 is 0 Å². The molecule has 1 heterocycles. The summed E-state index contributed by atoms with van der Waals surface area (Å²) in [4.78, 5) is 14.3. The lowest BCUT2D eigenvalue weighted by molar-refractivity contribution is -0.122. The largest absolute Gasteiger partial charge is 0.352 e. The topological polar surface area (TPSA) is 63.1 Å². The molecule has 0 bridgehead atoms. The minimum Gasteiger partial charge on any atom is -0.352 e. The molecule has 0 aromatic carbocycles. The molecule has 6 nitrogen and oxygen atoms in total. The van der Waals surface area contributed by atoms with E-state index in [0.29, 0.717) is 19.1 Å². The molecule has 130 valence electrons. The van der Waals surface area contributed by atoms with Crippen LogP contribution in [0.25, 0.3) is 0 Å². The highest BCUT2D eigenvalue weighted by Gasteiger charge is 2.16. The quantitative estimate of drug-likeness (QED) is 0.837. The smallest absolute Gasteiger partial charge is 0.234 e. The summed E-state index contributed by atoms with van der Waals surface area (Å²) < 4.78 is 2.06. The molecule has 2 rings (SSSR count). The van der Waals surface area contributed by atoms with Crippen molar-refractivity contribution in [1.82, 2.24) is 25.0 Å². The fraction of sp³-hybridized carbons (Fsp3) is 0.824. The van der Waals surface area contributed by atoms with E-state index in [1.807, 2.05) is 11.9 Å². The summed E-state index contributed by atoms with van der Waals surface area (Å²) in [7, 11) is 1.96. The third-order valence-corrected chi connectivity index (χ3v) is 4.46. The van der Waals surface area contributed by atoms with Crippen molar-refractivity contribution in [3.63, 3.8) is 0 Å². The van der Waals surface area contributed by atoms with Crippen LogP contribution in [0.1, 0.15) is 64.1 Å². The minimum atomic E-state index is 0.125. The molecule has 0 radical (unpaired) electrons. The first kappa shape index (κ1) is 17.9. The summed E-state index contributed by atoms with van der Waals surface area (Å²) in [5.41, 5.74) is 0. The molecule has 1 N–H and O–H groups in total. The first-order valence-corrected chi connectivity index (χ1v) is 9.03. The maximum absolute atomic E-state index is 12.3. The molecular weight excluding hydrogens is 290 g/mol. The summed E-state index contributed by atoms with van der Waals surface area (Å²) >= 11 is 0. The zero-order chi connectivity index (χ0) is 16.5. The number of carbonyl (C=O) groups excluding carboxylic acids is 1. The van der Waals surface area contributed by atoms with Crippen LogP contribution in [-0.4, -0.2) is 45.2 Å². The summed E-state index contributed by atoms with van der Waals surface area (Å²) in [5, 5.41) is 11.3. The van der Waals surface area contributed by atoms with E-state index in [4.69, 9.17) is 0 Å². The molecular formula is C17H31N5O. The normalized spacial score (nSPS) is 17.0. The third kappa shape index (κ3) is 6.29. The van der Waals surface area contributed by atoms with E-state index in [0.717, 1.165) is 31.6 Å². The minimum absolute atomic E-state index is 0.125. The third-order valence-electron chi connectivity index (χ3n) is 4.46. The number of carbonyl (C=O) groups is 1. The lowest BCUT2D eigenvalue weighted by atomic mass is 9.97. The molecule has 0 atom stereocenters. The van der Waals surface area contributed by atoms with E-state index < -0.39 is 0 Å². The van der Waals surface area contributed by atoms with Gasteiger partial charge in [0.05, 0.1) is 13.1 Å². The van der Waals surface area contributed by atoms with E-state index in [1.54, 1.807) is 6.33 Å². The number of likely N-dealkylation sites (N-methyl/N-ethyl adjacent to an activating group) is 1. The van der Waals surface area contributed by atoms with Crippen LogP contribution in [-0.2, 0) is 17.9 Å². The van der Waals surface area contributed by atoms with Gasteiger partial charge >= 0.3 is 0 Å². The molecule has 1 aromatic heterocycles. The molecule has 6 heteroatoms. The second kappa shape index (κ2) is 9.65. The van der Waals surface area contributed by atoms with Gasteiger partial charge in [0.1, 0.15) is 12.2 Å². The second-order valence-corrected chi connectivity index (χ2v) is 6.72. The maximum atomic E-state index is 12.3. The van der Waals surface area contributed by atoms with Crippen molar-refractivity contribution in [1.29, 1.82) is 0 Å². The van der Waals surface area contributed by atoms with E-state index in [2.05, 4.69) is 27.0 Å². The van der Waals surface area contributed by atoms with Gasteiger partial charge in [-0.1, -0.05) is 39.0 Å². The average molecular weight is 321 g/mol. The van der Waals surface area contributed by atoms with Crippen molar-refractivity contribution in [3.8, 4) is 0 Å². The number of nitrogens with one attached hydrogen (secondary N) is 1. The van der Waals surface area contributed by atoms with Crippen LogP contribution in [0.4, 0.5) is 0 Å². The van der Waals surface area contributed by atoms with Crippen molar-refractivity contribution in [2.24, 2.45) is 0 Å². The van der Waals surface area contributed by atoms with Gasteiger partial charge < -0.3 is 9.88 Å². The van der Waals surface area contributed by atoms with Gasteiger partial charge in [-0.25, -0.2) is 0 Å². The van der Waals surface area contributed by atoms with Crippen molar-refractivity contribution in [2.75, 3.05) is 13.6 Å². The second-order valence-electron chi connectivity index (χ2n) is 6.72. The molecule has 0 unspecified atom stereocenters. The molecule has 1 amide bonds. The Morgan fingerprint density at radius 1 is 1.30 bits per heavy atom. The predicted octanol–water partition coefficient (Wildman–Crippen LogP) is 2.35. The number of aryl methyl sites for hydroxylation is 1. The Hall–Kier alpha value is -1.43. The summed E-state index contributed by atoms with van der Waals surface area (Å²) in [6, 6.07) is 0.361. The molecule has 23 heavy (non-hydrogen) atoms. The van der Waals surface area contributed by atoms with E-state index in [1.165, 1.54) is 32.1 Å². The zero-order valence-electron chi connectivity index (χ0n) is 14.6. The van der Waals surface area contributed by atoms with Crippen molar-refractivity contribution < 1.29 is 4.79 Å². The SMILES string of the molecule is CCCn1cnnc1CN(C)CC(=O)NC1CCCCCCC1. The van der Waals surface area contributed by atoms with Gasteiger partial charge in [-0.2, -0.15) is 0 Å². The molecule has 1 saturated carbocycles. The van der Waals surface area contributed by atoms with Gasteiger partial charge in [0.25, 0.3) is 0 Å². The van der Waals surface area contributed by atoms with Crippen LogP contribution in [0.3, 0.4) is 0 Å². The van der Waals surface area contributed by atoms with Gasteiger partial charge in [0.15, 0.2) is 0 Å². The molecule has 0 spiro atoms. The Labute approximate surface area is 139 Å². The van der Waals surface area contributed by atoms with E-state index in [9.17, 15) is 4.79 Å². The molecule has 1 aliphatic carbocycles. The number of rotatable bonds is 7. The lowest BCUT2D eigenvalue weighted by Crippen LogP contribution is -2.41. The average Bonchev–Trinajstić information content (AvgIpc) is 2.89. The summed E-state index contributed by atoms with van der Waals surface area (Å²) in [6.07, 6.45) is 11.5. The van der Waals surface area contributed by atoms with E-state index in [-0.39, 0.29) is 5.91 Å². The number of aromatic nitrogens is 3. The molecule has 0 aliphatic heterocycles. The Morgan fingerprint density at radius 2 is 2.00 bits per heavy atom. The maximum Gasteiger partial charge on any atom is 0.234 e. The Bertz CT molecular complexity index is 465. The van der Waals surface area contributed by atoms with Gasteiger partial charge in [-0.3, -0.25) is 9.69 Å². The predicted molar refractivity (Wildman–Crippen MR) is 90.9 cm³/mol. The monoisotopic (exact) mass is 321 g/mol. The van der Waals surface area contributed by atoms with Gasteiger partial charge in [-0.05, 0) is 26.3 Å². The van der Waals surface area contributed by atoms with Gasteiger partial charge in [-0.15, -0.1) is 10.2 Å². The molecule has 1 fully saturated rings. The summed E-state index contributed by atoms with van der Waals surface area (Å²) in [5.74, 6) is 1.05. The number of nitrogens with zero attached hydrogens (tertiary/aromatic N) is 4. The number of hydrogen-bond donors (Lipinski definition) is 1. The highest BCUT2D eigenvalue weighted by atomic mass is 16.2. The molecule has 1 aromatic rings. The summed E-state index contributed by atoms with van der Waals surface area (Å²) in [6.45, 7) is 4.12. The van der Waals surface area contributed by atoms with Crippen molar-refractivity contribution >= 4 is 5.91 Å². The first-order valence-electron chi connectivity index (χ1n) is 9.03. The lowest BCUT2D eigenvalue weighted by Gasteiger charge is -2.23. The Kier molecular flexibility index (Phi) is 7.52. The fourth-order valence-corrected chi connectivity index (χ4v) is 3.25. The highest BCUT2D eigenvalue weighted by molar-refractivity contribution is 5.78. The Morgan fingerprint density at radius 3 is 2.70 bits per heavy atom. The van der Waals surface area contributed by atoms with Crippen LogP contribution in [0.15, 0.2) is 6.33 Å². The standard InChI is InChI=1S/C17H31N5O/c1-3-11-22-14-18-20-16(22)12-21(2)13-17(23)19-15-9-7-5-4-6-8-10-15/h14-15H,3-13H2,1-2H3,(H,19,23). The molecule has 1 aliphatic rings. The zero-order valence-corrected chi connectivity index (χ0v) is 14.6. The first-order chi connectivity index (χ1) is 11.2. The Balaban J connectivity index is 1.76. The van der Waals surface area contributed by atoms with Crippen LogP contribution in [0.5, 0.6) is 0 Å². The van der Waals surface area contributed by atoms with Crippen LogP contribution in [0.2, 0.25) is 0 Å². The van der Waals surface area contributed by atoms with Crippen molar-refractivity contribution in [3.05, 3.63) is 12.2 Å². The highest BCUT2D eigenvalue weighted by Crippen LogP contribution is 2.17. The van der Waals surface area contributed by atoms with Gasteiger partial charge in [0, 0.05) is 12.6 Å². The number of hydrogen-bond acceptors (Lipinski definition) is 4. The van der Waals surface area contributed by atoms with Crippen LogP contribution in [0, 0.1) is 0 Å². The van der Waals surface area contributed by atoms with Crippen LogP contribution >= 0.6 is 0 Å². The fourth-order valence-electron chi connectivity index (χ4n) is 3.25. The van der Waals surface area contributed by atoms with Gasteiger partial charge in [0.2, 0.25) is 5.91 Å². The van der Waals surface area contributed by atoms with Crippen molar-refractivity contribution in [2.45, 2.75) is 77.4 Å². The molecule has 0 saturated heterocycles. The number of amides is 1. The van der Waals surface area contributed by atoms with Crippen LogP contribution < -0.4 is 5.32 Å².